The van der Waals surface area contributed by atoms with Crippen molar-refractivity contribution >= 4 is 36.1 Å². The molecular weight excluding hydrogens is 328 g/mol. The Morgan fingerprint density at radius 2 is 2.05 bits per heavy atom. The molecule has 2 aromatic heterocycles. The van der Waals surface area contributed by atoms with E-state index >= 15 is 0 Å². The summed E-state index contributed by atoms with van der Waals surface area (Å²) in [4.78, 5) is 10.6. The van der Waals surface area contributed by atoms with E-state index in [9.17, 15) is 18.5 Å². The van der Waals surface area contributed by atoms with Gasteiger partial charge in [0.1, 0.15) is 0 Å². The second-order valence-corrected chi connectivity index (χ2v) is 7.62. The number of thiophene rings is 1. The Bertz CT molecular complexity index is 765. The van der Waals surface area contributed by atoms with E-state index < -0.39 is 14.0 Å². The van der Waals surface area contributed by atoms with Crippen LogP contribution in [0.4, 0.5) is 5.00 Å². The maximum atomic E-state index is 11.5. The van der Waals surface area contributed by atoms with Crippen molar-refractivity contribution in [3.05, 3.63) is 22.2 Å². The fourth-order valence-electron chi connectivity index (χ4n) is 1.62. The molecule has 0 atom stereocenters. The van der Waals surface area contributed by atoms with E-state index in [-0.39, 0.29) is 22.0 Å². The highest BCUT2D eigenvalue weighted by Crippen LogP contribution is 2.34. The fraction of sp³-hybridized carbons (Fsp3) is 0.333. The molecule has 0 aliphatic rings. The Morgan fingerprint density at radius 3 is 2.50 bits per heavy atom. The molecule has 2 rings (SSSR count). The van der Waals surface area contributed by atoms with E-state index in [1.165, 1.54) is 16.7 Å². The average Bonchev–Trinajstić information content (AvgIpc) is 2.94. The number of hydrogen-bond acceptors (Lipinski definition) is 7. The fourth-order valence-corrected chi connectivity index (χ4v) is 3.41. The summed E-state index contributed by atoms with van der Waals surface area (Å²) in [6, 6.07) is 2.55. The molecule has 0 fully saturated rings. The lowest BCUT2D eigenvalue weighted by molar-refractivity contribution is -0.380. The summed E-state index contributed by atoms with van der Waals surface area (Å²) in [5.74, 6) is 0.234. The summed E-state index contributed by atoms with van der Waals surface area (Å²) in [6.45, 7) is 3.47. The predicted molar refractivity (Wildman–Crippen MR) is 73.4 cm³/mol. The molecule has 0 saturated heterocycles. The SMILES string of the molecule is CC(C)n1c(-c2ccc([N+](=O)[O-])s2)nnc1S(=O)(=O)Cl. The molecule has 0 unspecified atom stereocenters. The van der Waals surface area contributed by atoms with Crippen LogP contribution in [0.2, 0.25) is 0 Å². The molecule has 0 N–H and O–H groups in total. The van der Waals surface area contributed by atoms with Gasteiger partial charge in [-0.2, -0.15) is 0 Å². The molecular formula is C9H9ClN4O4S2. The quantitative estimate of drug-likeness (QED) is 0.482. The molecule has 0 aliphatic carbocycles. The summed E-state index contributed by atoms with van der Waals surface area (Å²) >= 11 is 0.889. The molecule has 20 heavy (non-hydrogen) atoms. The van der Waals surface area contributed by atoms with Crippen LogP contribution in [0.15, 0.2) is 17.3 Å². The highest BCUT2D eigenvalue weighted by atomic mass is 35.7. The van der Waals surface area contributed by atoms with Crippen molar-refractivity contribution in [2.75, 3.05) is 0 Å². The van der Waals surface area contributed by atoms with Gasteiger partial charge in [0.05, 0.1) is 9.80 Å². The Hall–Kier alpha value is -1.52. The van der Waals surface area contributed by atoms with Crippen molar-refractivity contribution in [3.8, 4) is 10.7 Å². The van der Waals surface area contributed by atoms with Crippen molar-refractivity contribution in [3.63, 3.8) is 0 Å². The van der Waals surface area contributed by atoms with E-state index in [4.69, 9.17) is 10.7 Å². The highest BCUT2D eigenvalue weighted by molar-refractivity contribution is 8.13. The molecule has 0 aromatic carbocycles. The highest BCUT2D eigenvalue weighted by Gasteiger charge is 2.26. The Kier molecular flexibility index (Phi) is 3.80. The van der Waals surface area contributed by atoms with Crippen LogP contribution in [0.5, 0.6) is 0 Å². The molecule has 108 valence electrons. The summed E-state index contributed by atoms with van der Waals surface area (Å²) in [5, 5.41) is 17.6. The Labute approximate surface area is 122 Å². The van der Waals surface area contributed by atoms with Crippen LogP contribution in [-0.4, -0.2) is 28.1 Å². The number of nitro groups is 1. The molecule has 2 heterocycles. The minimum Gasteiger partial charge on any atom is -0.294 e. The number of rotatable bonds is 4. The Balaban J connectivity index is 2.62. The van der Waals surface area contributed by atoms with Crippen molar-refractivity contribution in [2.45, 2.75) is 25.0 Å². The van der Waals surface area contributed by atoms with E-state index in [1.807, 2.05) is 0 Å². The minimum absolute atomic E-state index is 0.0615. The van der Waals surface area contributed by atoms with Gasteiger partial charge in [-0.15, -0.1) is 10.2 Å². The third-order valence-electron chi connectivity index (χ3n) is 2.39. The average molecular weight is 337 g/mol. The van der Waals surface area contributed by atoms with Gasteiger partial charge in [-0.1, -0.05) is 11.3 Å². The minimum atomic E-state index is -4.04. The van der Waals surface area contributed by atoms with Gasteiger partial charge in [0, 0.05) is 22.8 Å². The smallest absolute Gasteiger partial charge is 0.294 e. The van der Waals surface area contributed by atoms with Crippen LogP contribution in [0.3, 0.4) is 0 Å². The van der Waals surface area contributed by atoms with Gasteiger partial charge in [0.25, 0.3) is 14.2 Å². The summed E-state index contributed by atoms with van der Waals surface area (Å²) in [6.07, 6.45) is 0. The molecule has 0 radical (unpaired) electrons. The van der Waals surface area contributed by atoms with Crippen LogP contribution < -0.4 is 0 Å². The predicted octanol–water partition coefficient (Wildman–Crippen LogP) is 2.42. The van der Waals surface area contributed by atoms with E-state index in [0.717, 1.165) is 11.3 Å². The van der Waals surface area contributed by atoms with Crippen molar-refractivity contribution in [1.82, 2.24) is 14.8 Å². The first-order chi connectivity index (χ1) is 9.21. The van der Waals surface area contributed by atoms with Gasteiger partial charge in [0.15, 0.2) is 5.82 Å². The van der Waals surface area contributed by atoms with Gasteiger partial charge in [-0.25, -0.2) is 8.42 Å². The van der Waals surface area contributed by atoms with Gasteiger partial charge in [-0.3, -0.25) is 14.7 Å². The molecule has 11 heteroatoms. The van der Waals surface area contributed by atoms with Gasteiger partial charge >= 0.3 is 5.00 Å². The van der Waals surface area contributed by atoms with Crippen molar-refractivity contribution < 1.29 is 13.3 Å². The Morgan fingerprint density at radius 1 is 1.40 bits per heavy atom. The lowest BCUT2D eigenvalue weighted by atomic mass is 10.3. The lowest BCUT2D eigenvalue weighted by Crippen LogP contribution is -2.09. The number of halogens is 1. The molecule has 8 nitrogen and oxygen atoms in total. The van der Waals surface area contributed by atoms with Gasteiger partial charge < -0.3 is 0 Å². The third kappa shape index (κ3) is 2.67. The second-order valence-electron chi connectivity index (χ2n) is 4.10. The van der Waals surface area contributed by atoms with Gasteiger partial charge in [0.2, 0.25) is 0 Å². The largest absolute Gasteiger partial charge is 0.324 e. The molecule has 0 bridgehead atoms. The van der Waals surface area contributed by atoms with E-state index in [1.54, 1.807) is 13.8 Å². The first-order valence-electron chi connectivity index (χ1n) is 5.36. The van der Waals surface area contributed by atoms with Crippen LogP contribution in [-0.2, 0) is 9.05 Å². The zero-order valence-electron chi connectivity index (χ0n) is 10.3. The third-order valence-corrected chi connectivity index (χ3v) is 4.55. The van der Waals surface area contributed by atoms with Crippen LogP contribution in [0, 0.1) is 10.1 Å². The van der Waals surface area contributed by atoms with Crippen molar-refractivity contribution in [1.29, 1.82) is 0 Å². The van der Waals surface area contributed by atoms with Crippen LogP contribution >= 0.6 is 22.0 Å². The zero-order chi connectivity index (χ0) is 15.1. The molecule has 0 amide bonds. The van der Waals surface area contributed by atoms with Crippen LogP contribution in [0.1, 0.15) is 19.9 Å². The van der Waals surface area contributed by atoms with Gasteiger partial charge in [-0.05, 0) is 19.9 Å². The lowest BCUT2D eigenvalue weighted by Gasteiger charge is -2.11. The summed E-state index contributed by atoms with van der Waals surface area (Å²) in [7, 11) is 1.27. The molecule has 0 saturated carbocycles. The summed E-state index contributed by atoms with van der Waals surface area (Å²) in [5.41, 5.74) is 0. The normalized spacial score (nSPS) is 12.0. The van der Waals surface area contributed by atoms with Crippen molar-refractivity contribution in [2.24, 2.45) is 0 Å². The zero-order valence-corrected chi connectivity index (χ0v) is 12.7. The molecule has 0 aliphatic heterocycles. The molecule has 0 spiro atoms. The number of hydrogen-bond donors (Lipinski definition) is 0. The standard InChI is InChI=1S/C9H9ClN4O4S2/c1-5(2)13-8(11-12-9(13)20(10,17)18)6-3-4-7(19-6)14(15)16/h3-5H,1-2H3. The van der Waals surface area contributed by atoms with E-state index in [2.05, 4.69) is 10.2 Å². The maximum absolute atomic E-state index is 11.5. The van der Waals surface area contributed by atoms with Crippen LogP contribution in [0.25, 0.3) is 10.7 Å². The number of nitrogens with zero attached hydrogens (tertiary/aromatic N) is 4. The first kappa shape index (κ1) is 14.9. The first-order valence-corrected chi connectivity index (χ1v) is 8.48. The number of aromatic nitrogens is 3. The summed E-state index contributed by atoms with van der Waals surface area (Å²) < 4.78 is 24.2. The topological polar surface area (TPSA) is 108 Å². The molecule has 2 aromatic rings. The second kappa shape index (κ2) is 5.11. The monoisotopic (exact) mass is 336 g/mol. The maximum Gasteiger partial charge on any atom is 0.324 e. The van der Waals surface area contributed by atoms with E-state index in [0.29, 0.717) is 4.88 Å².